The van der Waals surface area contributed by atoms with Crippen LogP contribution in [0.25, 0.3) is 0 Å². The molecule has 23 heavy (non-hydrogen) atoms. The van der Waals surface area contributed by atoms with E-state index < -0.39 is 0 Å². The zero-order chi connectivity index (χ0) is 16.4. The van der Waals surface area contributed by atoms with Gasteiger partial charge in [-0.05, 0) is 59.7 Å². The number of thiophene rings is 1. The number of likely N-dealkylation sites (N-methyl/N-ethyl adjacent to an activating group) is 1. The molecule has 0 unspecified atom stereocenters. The second-order valence-electron chi connectivity index (χ2n) is 6.32. The van der Waals surface area contributed by atoms with Crippen molar-refractivity contribution >= 4 is 17.2 Å². The summed E-state index contributed by atoms with van der Waals surface area (Å²) in [6.45, 7) is 2.12. The molecule has 0 radical (unpaired) electrons. The Kier molecular flexibility index (Phi) is 4.71. The number of methoxy groups -OCH3 is 1. The fourth-order valence-corrected chi connectivity index (χ4v) is 3.83. The van der Waals surface area contributed by atoms with Gasteiger partial charge < -0.3 is 9.64 Å². The Morgan fingerprint density at radius 3 is 2.87 bits per heavy atom. The van der Waals surface area contributed by atoms with Gasteiger partial charge in [0.1, 0.15) is 5.75 Å². The number of rotatable bonds is 6. The normalized spacial score (nSPS) is 20.8. The van der Waals surface area contributed by atoms with Crippen LogP contribution in [0.1, 0.15) is 30.4 Å². The van der Waals surface area contributed by atoms with Gasteiger partial charge in [-0.15, -0.1) is 0 Å². The SMILES string of the molecule is COc1ccccc1[C@@H]1C[C@H]1C(=O)N(C)[C@H](C)Cc1ccsc1. The first-order chi connectivity index (χ1) is 11.1. The van der Waals surface area contributed by atoms with E-state index in [9.17, 15) is 4.79 Å². The average Bonchev–Trinajstić information content (AvgIpc) is 3.21. The molecule has 1 fully saturated rings. The predicted molar refractivity (Wildman–Crippen MR) is 94.1 cm³/mol. The maximum Gasteiger partial charge on any atom is 0.226 e. The molecule has 0 bridgehead atoms. The van der Waals surface area contributed by atoms with Crippen LogP contribution in [0.15, 0.2) is 41.1 Å². The van der Waals surface area contributed by atoms with Gasteiger partial charge in [0.2, 0.25) is 5.91 Å². The van der Waals surface area contributed by atoms with Crippen molar-refractivity contribution in [1.29, 1.82) is 0 Å². The third-order valence-corrected chi connectivity index (χ3v) is 5.50. The molecule has 1 aromatic carbocycles. The van der Waals surface area contributed by atoms with Crippen molar-refractivity contribution in [2.24, 2.45) is 5.92 Å². The van der Waals surface area contributed by atoms with E-state index in [0.717, 1.165) is 24.2 Å². The van der Waals surface area contributed by atoms with Crippen molar-refractivity contribution in [2.75, 3.05) is 14.2 Å². The Labute approximate surface area is 141 Å². The summed E-state index contributed by atoms with van der Waals surface area (Å²) in [6, 6.07) is 10.4. The summed E-state index contributed by atoms with van der Waals surface area (Å²) >= 11 is 1.70. The van der Waals surface area contributed by atoms with Gasteiger partial charge in [0.25, 0.3) is 0 Å². The van der Waals surface area contributed by atoms with Crippen LogP contribution in [0.4, 0.5) is 0 Å². The second-order valence-corrected chi connectivity index (χ2v) is 7.10. The number of carbonyl (C=O) groups excluding carboxylic acids is 1. The Balaban J connectivity index is 1.63. The molecule has 1 amide bonds. The molecule has 1 aliphatic carbocycles. The molecule has 1 aliphatic rings. The first-order valence-electron chi connectivity index (χ1n) is 8.02. The molecule has 3 atom stereocenters. The van der Waals surface area contributed by atoms with E-state index in [-0.39, 0.29) is 17.9 Å². The third-order valence-electron chi connectivity index (χ3n) is 4.77. The van der Waals surface area contributed by atoms with Gasteiger partial charge in [-0.25, -0.2) is 0 Å². The lowest BCUT2D eigenvalue weighted by molar-refractivity contribution is -0.133. The molecular formula is C19H23NO2S. The van der Waals surface area contributed by atoms with Crippen LogP contribution in [0.5, 0.6) is 5.75 Å². The number of carbonyl (C=O) groups is 1. The minimum Gasteiger partial charge on any atom is -0.496 e. The van der Waals surface area contributed by atoms with E-state index in [1.165, 1.54) is 5.56 Å². The highest BCUT2D eigenvalue weighted by atomic mass is 32.1. The fraction of sp³-hybridized carbons (Fsp3) is 0.421. The topological polar surface area (TPSA) is 29.5 Å². The van der Waals surface area contributed by atoms with Crippen molar-refractivity contribution in [3.63, 3.8) is 0 Å². The van der Waals surface area contributed by atoms with Crippen LogP contribution >= 0.6 is 11.3 Å². The fourth-order valence-electron chi connectivity index (χ4n) is 3.15. The Morgan fingerprint density at radius 1 is 1.39 bits per heavy atom. The smallest absolute Gasteiger partial charge is 0.226 e. The Bertz CT molecular complexity index is 668. The minimum atomic E-state index is 0.0984. The van der Waals surface area contributed by atoms with Gasteiger partial charge in [0.05, 0.1) is 7.11 Å². The third kappa shape index (κ3) is 3.42. The number of hydrogen-bond acceptors (Lipinski definition) is 3. The Morgan fingerprint density at radius 2 is 2.17 bits per heavy atom. The zero-order valence-corrected chi connectivity index (χ0v) is 14.7. The van der Waals surface area contributed by atoms with Crippen LogP contribution in [-0.4, -0.2) is 31.0 Å². The lowest BCUT2D eigenvalue weighted by Gasteiger charge is -2.25. The molecule has 1 saturated carbocycles. The predicted octanol–water partition coefficient (Wildman–Crippen LogP) is 3.95. The van der Waals surface area contributed by atoms with Crippen LogP contribution in [0.3, 0.4) is 0 Å². The van der Waals surface area contributed by atoms with E-state index >= 15 is 0 Å². The molecule has 0 saturated heterocycles. The highest BCUT2D eigenvalue weighted by molar-refractivity contribution is 7.07. The molecular weight excluding hydrogens is 306 g/mol. The zero-order valence-electron chi connectivity index (χ0n) is 13.9. The number of para-hydroxylation sites is 1. The molecule has 3 rings (SSSR count). The second kappa shape index (κ2) is 6.75. The molecule has 4 heteroatoms. The number of benzene rings is 1. The van der Waals surface area contributed by atoms with Gasteiger partial charge in [-0.1, -0.05) is 18.2 Å². The molecule has 1 heterocycles. The first kappa shape index (κ1) is 16.1. The van der Waals surface area contributed by atoms with Gasteiger partial charge in [-0.2, -0.15) is 11.3 Å². The monoisotopic (exact) mass is 329 g/mol. The largest absolute Gasteiger partial charge is 0.496 e. The molecule has 0 spiro atoms. The standard InChI is InChI=1S/C19H23NO2S/c1-13(10-14-8-9-23-12-14)20(2)19(21)17-11-16(17)15-6-4-5-7-18(15)22-3/h4-9,12-13,16-17H,10-11H2,1-3H3/t13-,16+,17-/m1/s1. The molecule has 122 valence electrons. The highest BCUT2D eigenvalue weighted by Gasteiger charge is 2.46. The van der Waals surface area contributed by atoms with E-state index in [4.69, 9.17) is 4.74 Å². The summed E-state index contributed by atoms with van der Waals surface area (Å²) in [5, 5.41) is 4.24. The van der Waals surface area contributed by atoms with Gasteiger partial charge >= 0.3 is 0 Å². The van der Waals surface area contributed by atoms with Crippen LogP contribution in [0, 0.1) is 5.92 Å². The number of amides is 1. The summed E-state index contributed by atoms with van der Waals surface area (Å²) in [7, 11) is 3.62. The quantitative estimate of drug-likeness (QED) is 0.803. The van der Waals surface area contributed by atoms with E-state index in [0.29, 0.717) is 5.92 Å². The van der Waals surface area contributed by atoms with Gasteiger partial charge in [-0.3, -0.25) is 4.79 Å². The highest BCUT2D eigenvalue weighted by Crippen LogP contribution is 2.51. The van der Waals surface area contributed by atoms with Gasteiger partial charge in [0, 0.05) is 19.0 Å². The lowest BCUT2D eigenvalue weighted by Crippen LogP contribution is -2.37. The van der Waals surface area contributed by atoms with Crippen molar-refractivity contribution in [1.82, 2.24) is 4.90 Å². The van der Waals surface area contributed by atoms with Crippen LogP contribution in [-0.2, 0) is 11.2 Å². The number of hydrogen-bond donors (Lipinski definition) is 0. The minimum absolute atomic E-state index is 0.0984. The summed E-state index contributed by atoms with van der Waals surface area (Å²) in [6.07, 6.45) is 1.84. The van der Waals surface area contributed by atoms with E-state index in [1.54, 1.807) is 18.4 Å². The maximum atomic E-state index is 12.7. The number of nitrogens with zero attached hydrogens (tertiary/aromatic N) is 1. The summed E-state index contributed by atoms with van der Waals surface area (Å²) in [5.74, 6) is 1.54. The average molecular weight is 329 g/mol. The molecule has 3 nitrogen and oxygen atoms in total. The Hall–Kier alpha value is -1.81. The summed E-state index contributed by atoms with van der Waals surface area (Å²) < 4.78 is 5.43. The van der Waals surface area contributed by atoms with Crippen molar-refractivity contribution < 1.29 is 9.53 Å². The molecule has 0 aliphatic heterocycles. The van der Waals surface area contributed by atoms with Crippen LogP contribution in [0.2, 0.25) is 0 Å². The number of ether oxygens (including phenoxy) is 1. The molecule has 0 N–H and O–H groups in total. The van der Waals surface area contributed by atoms with Crippen LogP contribution < -0.4 is 4.74 Å². The first-order valence-corrected chi connectivity index (χ1v) is 8.96. The summed E-state index contributed by atoms with van der Waals surface area (Å²) in [5.41, 5.74) is 2.46. The van der Waals surface area contributed by atoms with E-state index in [1.807, 2.05) is 30.1 Å². The maximum absolute atomic E-state index is 12.7. The van der Waals surface area contributed by atoms with Crippen molar-refractivity contribution in [2.45, 2.75) is 31.7 Å². The molecule has 2 aromatic rings. The lowest BCUT2D eigenvalue weighted by atomic mass is 10.1. The van der Waals surface area contributed by atoms with Crippen molar-refractivity contribution in [3.8, 4) is 5.75 Å². The van der Waals surface area contributed by atoms with Crippen molar-refractivity contribution in [3.05, 3.63) is 52.2 Å². The van der Waals surface area contributed by atoms with Gasteiger partial charge in [0.15, 0.2) is 0 Å². The van der Waals surface area contributed by atoms with E-state index in [2.05, 4.69) is 29.8 Å². The summed E-state index contributed by atoms with van der Waals surface area (Å²) in [4.78, 5) is 14.7. The molecule has 1 aromatic heterocycles.